The molecule has 34 heavy (non-hydrogen) atoms. The lowest BCUT2D eigenvalue weighted by molar-refractivity contribution is 0.0724. The molecule has 1 amide bonds. The van der Waals surface area contributed by atoms with Crippen LogP contribution in [0.5, 0.6) is 5.75 Å². The summed E-state index contributed by atoms with van der Waals surface area (Å²) in [5.41, 5.74) is 3.08. The van der Waals surface area contributed by atoms with E-state index in [1.54, 1.807) is 6.07 Å². The van der Waals surface area contributed by atoms with E-state index in [1.165, 1.54) is 24.8 Å². The van der Waals surface area contributed by atoms with Crippen LogP contribution in [-0.4, -0.2) is 70.5 Å². The number of fused-ring (bicyclic) bond motifs is 2. The number of likely N-dealkylation sites (tertiary alicyclic amines) is 2. The van der Waals surface area contributed by atoms with Gasteiger partial charge in [-0.2, -0.15) is 0 Å². The van der Waals surface area contributed by atoms with Gasteiger partial charge in [0.25, 0.3) is 5.91 Å². The van der Waals surface area contributed by atoms with Crippen molar-refractivity contribution in [2.24, 2.45) is 0 Å². The lowest BCUT2D eigenvalue weighted by Gasteiger charge is -2.37. The van der Waals surface area contributed by atoms with Gasteiger partial charge in [0.05, 0.1) is 6.04 Å². The molecule has 2 aromatic carbocycles. The second-order valence-electron chi connectivity index (χ2n) is 10.1. The second-order valence-corrected chi connectivity index (χ2v) is 10.1. The summed E-state index contributed by atoms with van der Waals surface area (Å²) in [6.07, 6.45) is 8.98. The molecule has 0 saturated carbocycles. The van der Waals surface area contributed by atoms with E-state index in [1.807, 2.05) is 35.2 Å². The van der Waals surface area contributed by atoms with Gasteiger partial charge in [-0.3, -0.25) is 14.6 Å². The predicted octanol–water partition coefficient (Wildman–Crippen LogP) is 4.83. The highest BCUT2D eigenvalue weighted by atomic mass is 16.3. The van der Waals surface area contributed by atoms with Crippen LogP contribution in [0.3, 0.4) is 0 Å². The van der Waals surface area contributed by atoms with Gasteiger partial charge in [0.1, 0.15) is 5.75 Å². The van der Waals surface area contributed by atoms with E-state index in [0.29, 0.717) is 17.8 Å². The van der Waals surface area contributed by atoms with Crippen molar-refractivity contribution >= 4 is 5.91 Å². The number of rotatable bonds is 6. The van der Waals surface area contributed by atoms with E-state index in [0.717, 1.165) is 63.1 Å². The van der Waals surface area contributed by atoms with E-state index >= 15 is 0 Å². The number of piperidine rings is 1. The maximum Gasteiger partial charge on any atom is 0.253 e. The van der Waals surface area contributed by atoms with Crippen LogP contribution >= 0.6 is 0 Å². The lowest BCUT2D eigenvalue weighted by Crippen LogP contribution is -2.42. The van der Waals surface area contributed by atoms with Gasteiger partial charge in [0, 0.05) is 50.4 Å². The van der Waals surface area contributed by atoms with Crippen LogP contribution in [0, 0.1) is 0 Å². The molecule has 3 saturated heterocycles. The molecular formula is C29H37N3O2. The lowest BCUT2D eigenvalue weighted by atomic mass is 9.94. The number of nitrogens with zero attached hydrogens (tertiary/aromatic N) is 3. The summed E-state index contributed by atoms with van der Waals surface area (Å²) in [6.45, 7) is 8.75. The monoisotopic (exact) mass is 459 g/mol. The van der Waals surface area contributed by atoms with Crippen molar-refractivity contribution in [1.82, 2.24) is 14.7 Å². The van der Waals surface area contributed by atoms with E-state index in [-0.39, 0.29) is 11.9 Å². The number of amides is 1. The molecule has 0 aromatic heterocycles. The molecule has 180 valence electrons. The fraction of sp³-hybridized carbons (Fsp3) is 0.483. The Hall–Kier alpha value is -2.63. The molecule has 3 fully saturated rings. The Kier molecular flexibility index (Phi) is 7.02. The average Bonchev–Trinajstić information content (AvgIpc) is 3.16. The maximum atomic E-state index is 13.0. The van der Waals surface area contributed by atoms with E-state index in [2.05, 4.69) is 34.6 Å². The highest BCUT2D eigenvalue weighted by molar-refractivity contribution is 5.94. The van der Waals surface area contributed by atoms with Crippen molar-refractivity contribution in [3.8, 4) is 5.75 Å². The summed E-state index contributed by atoms with van der Waals surface area (Å²) in [6, 6.07) is 17.0. The number of hydrogen-bond donors (Lipinski definition) is 1. The molecule has 3 atom stereocenters. The third-order valence-corrected chi connectivity index (χ3v) is 7.91. The molecule has 0 aliphatic carbocycles. The van der Waals surface area contributed by atoms with Gasteiger partial charge in [-0.15, -0.1) is 6.58 Å². The van der Waals surface area contributed by atoms with Crippen molar-refractivity contribution in [2.75, 3.05) is 32.7 Å². The first-order valence-electron chi connectivity index (χ1n) is 12.9. The highest BCUT2D eigenvalue weighted by Gasteiger charge is 2.42. The average molecular weight is 460 g/mol. The number of hydrogen-bond acceptors (Lipinski definition) is 4. The summed E-state index contributed by atoms with van der Waals surface area (Å²) < 4.78 is 0. The number of carbonyl (C=O) groups is 1. The normalized spacial score (nSPS) is 24.5. The van der Waals surface area contributed by atoms with E-state index in [9.17, 15) is 9.90 Å². The molecule has 0 radical (unpaired) electrons. The SMILES string of the molecule is C=CCN1CCC2CCC(C1)N2C(c1ccc(C(=O)N2CCCCC2)cc1)c1cccc(O)c1. The van der Waals surface area contributed by atoms with E-state index < -0.39 is 0 Å². The molecule has 5 nitrogen and oxygen atoms in total. The molecule has 3 heterocycles. The van der Waals surface area contributed by atoms with Crippen molar-refractivity contribution in [2.45, 2.75) is 56.7 Å². The zero-order chi connectivity index (χ0) is 23.5. The number of phenolic OH excluding ortho intramolecular Hbond substituents is 1. The topological polar surface area (TPSA) is 47.0 Å². The van der Waals surface area contributed by atoms with Crippen LogP contribution in [0.25, 0.3) is 0 Å². The highest BCUT2D eigenvalue weighted by Crippen LogP contribution is 2.41. The fourth-order valence-electron chi connectivity index (χ4n) is 6.27. The molecule has 5 heteroatoms. The minimum atomic E-state index is 0.0624. The number of aromatic hydroxyl groups is 1. The zero-order valence-electron chi connectivity index (χ0n) is 20.1. The van der Waals surface area contributed by atoms with Crippen LogP contribution in [-0.2, 0) is 0 Å². The molecule has 1 N–H and O–H groups in total. The third kappa shape index (κ3) is 4.77. The summed E-state index contributed by atoms with van der Waals surface area (Å²) in [5.74, 6) is 0.449. The molecule has 2 aromatic rings. The number of carbonyl (C=O) groups excluding carboxylic acids is 1. The van der Waals surface area contributed by atoms with Crippen LogP contribution in [0.1, 0.15) is 66.1 Å². The Morgan fingerprint density at radius 1 is 0.971 bits per heavy atom. The summed E-state index contributed by atoms with van der Waals surface area (Å²) in [4.78, 5) is 20.2. The number of benzene rings is 2. The summed E-state index contributed by atoms with van der Waals surface area (Å²) in [5, 5.41) is 10.3. The first-order valence-corrected chi connectivity index (χ1v) is 12.9. The van der Waals surface area contributed by atoms with Gasteiger partial charge >= 0.3 is 0 Å². The standard InChI is InChI=1S/C29H37N3O2/c1-2-16-30-19-15-25-13-14-26(21-30)32(25)28(24-7-6-8-27(33)20-24)22-9-11-23(12-10-22)29(34)31-17-4-3-5-18-31/h2,6-12,20,25-26,28,33H,1,3-5,13-19,21H2. The van der Waals surface area contributed by atoms with Gasteiger partial charge in [-0.25, -0.2) is 0 Å². The van der Waals surface area contributed by atoms with Crippen LogP contribution < -0.4 is 0 Å². The Morgan fingerprint density at radius 3 is 2.47 bits per heavy atom. The van der Waals surface area contributed by atoms with Crippen LogP contribution in [0.4, 0.5) is 0 Å². The Bertz CT molecular complexity index is 999. The van der Waals surface area contributed by atoms with Gasteiger partial charge < -0.3 is 10.0 Å². The van der Waals surface area contributed by atoms with Crippen molar-refractivity contribution < 1.29 is 9.90 Å². The van der Waals surface area contributed by atoms with Gasteiger partial charge in [0.15, 0.2) is 0 Å². The Balaban J connectivity index is 1.46. The molecule has 5 rings (SSSR count). The Labute approximate surface area is 203 Å². The third-order valence-electron chi connectivity index (χ3n) is 7.91. The molecule has 3 unspecified atom stereocenters. The van der Waals surface area contributed by atoms with Crippen molar-refractivity contribution in [3.05, 3.63) is 77.9 Å². The smallest absolute Gasteiger partial charge is 0.253 e. The Morgan fingerprint density at radius 2 is 1.74 bits per heavy atom. The largest absolute Gasteiger partial charge is 0.508 e. The molecular weight excluding hydrogens is 422 g/mol. The van der Waals surface area contributed by atoms with Gasteiger partial charge in [-0.1, -0.05) is 30.3 Å². The molecule has 0 spiro atoms. The van der Waals surface area contributed by atoms with Crippen molar-refractivity contribution in [1.29, 1.82) is 0 Å². The number of phenols is 1. The quantitative estimate of drug-likeness (QED) is 0.629. The first-order chi connectivity index (χ1) is 16.6. The zero-order valence-corrected chi connectivity index (χ0v) is 20.1. The minimum Gasteiger partial charge on any atom is -0.508 e. The summed E-state index contributed by atoms with van der Waals surface area (Å²) >= 11 is 0. The van der Waals surface area contributed by atoms with E-state index in [4.69, 9.17) is 0 Å². The maximum absolute atomic E-state index is 13.0. The predicted molar refractivity (Wildman–Crippen MR) is 136 cm³/mol. The molecule has 3 aliphatic rings. The van der Waals surface area contributed by atoms with Gasteiger partial charge in [-0.05, 0) is 73.9 Å². The summed E-state index contributed by atoms with van der Waals surface area (Å²) in [7, 11) is 0. The van der Waals surface area contributed by atoms with Crippen molar-refractivity contribution in [3.63, 3.8) is 0 Å². The fourth-order valence-corrected chi connectivity index (χ4v) is 6.27. The minimum absolute atomic E-state index is 0.0624. The van der Waals surface area contributed by atoms with Gasteiger partial charge in [0.2, 0.25) is 0 Å². The second kappa shape index (κ2) is 10.3. The molecule has 2 bridgehead atoms. The van der Waals surface area contributed by atoms with Crippen LogP contribution in [0.15, 0.2) is 61.2 Å². The molecule has 3 aliphatic heterocycles. The first kappa shape index (κ1) is 23.1. The van der Waals surface area contributed by atoms with Crippen LogP contribution in [0.2, 0.25) is 0 Å².